The van der Waals surface area contributed by atoms with Crippen LogP contribution in [-0.2, 0) is 26.3 Å². The number of nitrogens with zero attached hydrogens (tertiary/aromatic N) is 5. The van der Waals surface area contributed by atoms with Crippen LogP contribution in [-0.4, -0.2) is 31.4 Å². The van der Waals surface area contributed by atoms with Crippen LogP contribution in [0.25, 0.3) is 28.3 Å². The largest absolute Gasteiger partial charge is 0.255 e. The monoisotopic (exact) mass is 469 g/mol. The summed E-state index contributed by atoms with van der Waals surface area (Å²) in [6.07, 6.45) is 5.95. The molecule has 2 aromatic heterocycles. The van der Waals surface area contributed by atoms with Gasteiger partial charge in [0.15, 0.2) is 0 Å². The Bertz CT molecular complexity index is 1290. The van der Waals surface area contributed by atoms with Crippen LogP contribution in [0.5, 0.6) is 0 Å². The molecule has 0 spiro atoms. The molecule has 5 rings (SSSR count). The maximum Gasteiger partial charge on any atom is 0.133 e. The van der Waals surface area contributed by atoms with E-state index >= 15 is 0 Å². The molecule has 2 heterocycles. The molecule has 0 saturated carbocycles. The molecular formula is C24H22Cl2FN5. The third kappa shape index (κ3) is 3.82. The van der Waals surface area contributed by atoms with E-state index in [1.54, 1.807) is 10.7 Å². The number of alkyl halides is 1. The SMILES string of the molecule is Cn1cc(-c2nn(-c3ccc(Cl)cc3Cl)c3c2CCCc2cc(CCCF)ccc2-3)nn1. The van der Waals surface area contributed by atoms with Gasteiger partial charge in [-0.25, -0.2) is 4.68 Å². The van der Waals surface area contributed by atoms with E-state index in [0.717, 1.165) is 65.1 Å². The molecule has 2 aromatic carbocycles. The molecule has 0 unspecified atom stereocenters. The molecule has 5 nitrogen and oxygen atoms in total. The molecule has 0 atom stereocenters. The van der Waals surface area contributed by atoms with Crippen molar-refractivity contribution in [1.82, 2.24) is 24.8 Å². The maximum absolute atomic E-state index is 12.7. The van der Waals surface area contributed by atoms with Crippen molar-refractivity contribution in [2.75, 3.05) is 6.67 Å². The molecule has 164 valence electrons. The van der Waals surface area contributed by atoms with Crippen LogP contribution in [0.3, 0.4) is 0 Å². The first-order chi connectivity index (χ1) is 15.5. The topological polar surface area (TPSA) is 48.5 Å². The number of benzene rings is 2. The Balaban J connectivity index is 1.75. The number of rotatable bonds is 5. The van der Waals surface area contributed by atoms with Gasteiger partial charge in [-0.3, -0.25) is 9.07 Å². The second kappa shape index (κ2) is 8.68. The highest BCUT2D eigenvalue weighted by Crippen LogP contribution is 2.40. The van der Waals surface area contributed by atoms with Crippen molar-refractivity contribution in [3.05, 3.63) is 69.3 Å². The van der Waals surface area contributed by atoms with Gasteiger partial charge < -0.3 is 0 Å². The summed E-state index contributed by atoms with van der Waals surface area (Å²) >= 11 is 12.8. The van der Waals surface area contributed by atoms with Crippen molar-refractivity contribution in [3.63, 3.8) is 0 Å². The molecule has 1 aliphatic rings. The van der Waals surface area contributed by atoms with Gasteiger partial charge in [0.2, 0.25) is 0 Å². The van der Waals surface area contributed by atoms with E-state index < -0.39 is 0 Å². The number of hydrogen-bond acceptors (Lipinski definition) is 3. The molecule has 0 fully saturated rings. The van der Waals surface area contributed by atoms with E-state index in [-0.39, 0.29) is 6.67 Å². The molecule has 32 heavy (non-hydrogen) atoms. The Labute approximate surface area is 195 Å². The summed E-state index contributed by atoms with van der Waals surface area (Å²) in [5.74, 6) is 0. The standard InChI is InChI=1S/C24H22Cl2FN5/c1-31-14-21(28-30-31)23-19-6-2-5-16-12-15(4-3-11-27)7-9-18(16)24(19)32(29-23)22-10-8-17(25)13-20(22)26/h7-10,12-14H,2-6,11H2,1H3. The van der Waals surface area contributed by atoms with Crippen molar-refractivity contribution < 1.29 is 4.39 Å². The summed E-state index contributed by atoms with van der Waals surface area (Å²) in [6.45, 7) is -0.301. The van der Waals surface area contributed by atoms with Gasteiger partial charge in [0.05, 0.1) is 29.3 Å². The van der Waals surface area contributed by atoms with E-state index in [1.165, 1.54) is 5.56 Å². The van der Waals surface area contributed by atoms with E-state index in [0.29, 0.717) is 16.5 Å². The molecule has 8 heteroatoms. The Hall–Kier alpha value is -2.70. The average Bonchev–Trinajstić information content (AvgIpc) is 3.31. The Morgan fingerprint density at radius 2 is 1.97 bits per heavy atom. The predicted octanol–water partition coefficient (Wildman–Crippen LogP) is 6.03. The van der Waals surface area contributed by atoms with E-state index in [4.69, 9.17) is 28.3 Å². The van der Waals surface area contributed by atoms with Crippen LogP contribution in [0.15, 0.2) is 42.6 Å². The molecule has 0 aliphatic heterocycles. The van der Waals surface area contributed by atoms with Gasteiger partial charge in [-0.15, -0.1) is 5.10 Å². The lowest BCUT2D eigenvalue weighted by atomic mass is 9.97. The Kier molecular flexibility index (Phi) is 5.74. The zero-order valence-corrected chi connectivity index (χ0v) is 19.2. The van der Waals surface area contributed by atoms with E-state index in [9.17, 15) is 4.39 Å². The first-order valence-electron chi connectivity index (χ1n) is 10.7. The molecule has 0 N–H and O–H groups in total. The van der Waals surface area contributed by atoms with Gasteiger partial charge in [-0.2, -0.15) is 5.10 Å². The van der Waals surface area contributed by atoms with Gasteiger partial charge >= 0.3 is 0 Å². The van der Waals surface area contributed by atoms with Crippen LogP contribution in [0.2, 0.25) is 10.0 Å². The lowest BCUT2D eigenvalue weighted by molar-refractivity contribution is 0.473. The lowest BCUT2D eigenvalue weighted by Crippen LogP contribution is -2.02. The highest BCUT2D eigenvalue weighted by Gasteiger charge is 2.27. The lowest BCUT2D eigenvalue weighted by Gasteiger charge is -2.14. The number of aryl methyl sites for hydroxylation is 3. The highest BCUT2D eigenvalue weighted by molar-refractivity contribution is 6.35. The summed E-state index contributed by atoms with van der Waals surface area (Å²) in [6, 6.07) is 11.9. The van der Waals surface area contributed by atoms with Gasteiger partial charge in [0, 0.05) is 23.2 Å². The Morgan fingerprint density at radius 3 is 2.72 bits per heavy atom. The molecular weight excluding hydrogens is 448 g/mol. The zero-order chi connectivity index (χ0) is 22.2. The maximum atomic E-state index is 12.7. The molecule has 0 radical (unpaired) electrons. The van der Waals surface area contributed by atoms with Crippen LogP contribution in [0, 0.1) is 0 Å². The highest BCUT2D eigenvalue weighted by atomic mass is 35.5. The molecule has 1 aliphatic carbocycles. The fourth-order valence-corrected chi connectivity index (χ4v) is 4.91. The van der Waals surface area contributed by atoms with E-state index in [2.05, 4.69) is 28.5 Å². The molecule has 0 amide bonds. The second-order valence-electron chi connectivity index (χ2n) is 8.10. The van der Waals surface area contributed by atoms with Gasteiger partial charge in [-0.1, -0.05) is 46.6 Å². The minimum Gasteiger partial charge on any atom is -0.255 e. The molecule has 0 saturated heterocycles. The third-order valence-corrected chi connectivity index (χ3v) is 6.40. The average molecular weight is 470 g/mol. The van der Waals surface area contributed by atoms with Crippen LogP contribution in [0.4, 0.5) is 4.39 Å². The quantitative estimate of drug-likeness (QED) is 0.358. The fourth-order valence-electron chi connectivity index (χ4n) is 4.42. The first-order valence-corrected chi connectivity index (χ1v) is 11.4. The van der Waals surface area contributed by atoms with Crippen LogP contribution >= 0.6 is 23.2 Å². The minimum absolute atomic E-state index is 0.301. The molecule has 0 bridgehead atoms. The van der Waals surface area contributed by atoms with Crippen LogP contribution < -0.4 is 0 Å². The van der Waals surface area contributed by atoms with Crippen molar-refractivity contribution in [1.29, 1.82) is 0 Å². The summed E-state index contributed by atoms with van der Waals surface area (Å²) < 4.78 is 16.3. The van der Waals surface area contributed by atoms with Gasteiger partial charge in [0.1, 0.15) is 11.4 Å². The fraction of sp³-hybridized carbons (Fsp3) is 0.292. The van der Waals surface area contributed by atoms with Crippen molar-refractivity contribution in [3.8, 4) is 28.3 Å². The normalized spacial score (nSPS) is 13.0. The smallest absolute Gasteiger partial charge is 0.133 e. The van der Waals surface area contributed by atoms with Gasteiger partial charge in [0.25, 0.3) is 0 Å². The summed E-state index contributed by atoms with van der Waals surface area (Å²) in [5.41, 5.74) is 7.98. The summed E-state index contributed by atoms with van der Waals surface area (Å²) in [4.78, 5) is 0. The number of halogens is 3. The second-order valence-corrected chi connectivity index (χ2v) is 8.94. The zero-order valence-electron chi connectivity index (χ0n) is 17.7. The first kappa shape index (κ1) is 21.2. The van der Waals surface area contributed by atoms with Crippen LogP contribution in [0.1, 0.15) is 29.5 Å². The number of hydrogen-bond donors (Lipinski definition) is 0. The summed E-state index contributed by atoms with van der Waals surface area (Å²) in [7, 11) is 1.84. The molecule has 4 aromatic rings. The number of fused-ring (bicyclic) bond motifs is 3. The predicted molar refractivity (Wildman–Crippen MR) is 125 cm³/mol. The van der Waals surface area contributed by atoms with Gasteiger partial charge in [-0.05, 0) is 61.4 Å². The Morgan fingerprint density at radius 1 is 1.09 bits per heavy atom. The third-order valence-electron chi connectivity index (χ3n) is 5.86. The number of aromatic nitrogens is 5. The van der Waals surface area contributed by atoms with Crippen molar-refractivity contribution in [2.45, 2.75) is 32.1 Å². The van der Waals surface area contributed by atoms with Crippen molar-refractivity contribution >= 4 is 23.2 Å². The van der Waals surface area contributed by atoms with E-state index in [1.807, 2.05) is 30.1 Å². The minimum atomic E-state index is -0.301. The van der Waals surface area contributed by atoms with Crippen molar-refractivity contribution in [2.24, 2.45) is 7.05 Å². The summed E-state index contributed by atoms with van der Waals surface area (Å²) in [5, 5.41) is 14.5.